The lowest BCUT2D eigenvalue weighted by Crippen LogP contribution is -2.12. The van der Waals surface area contributed by atoms with Crippen LogP contribution in [0.5, 0.6) is 0 Å². The Hall–Kier alpha value is -2.64. The van der Waals surface area contributed by atoms with E-state index < -0.39 is 23.9 Å². The highest BCUT2D eigenvalue weighted by Crippen LogP contribution is 2.02. The number of hydrogen-bond donors (Lipinski definition) is 0. The van der Waals surface area contributed by atoms with Crippen molar-refractivity contribution in [1.29, 1.82) is 0 Å². The van der Waals surface area contributed by atoms with Crippen molar-refractivity contribution in [3.8, 4) is 0 Å². The van der Waals surface area contributed by atoms with Crippen molar-refractivity contribution >= 4 is 23.9 Å². The van der Waals surface area contributed by atoms with Gasteiger partial charge in [-0.2, -0.15) is 0 Å². The van der Waals surface area contributed by atoms with Crippen LogP contribution in [-0.2, 0) is 38.1 Å². The summed E-state index contributed by atoms with van der Waals surface area (Å²) in [6.45, 7) is 10.7. The summed E-state index contributed by atoms with van der Waals surface area (Å²) < 4.78 is 17.9. The van der Waals surface area contributed by atoms with Gasteiger partial charge in [-0.25, -0.2) is 9.59 Å². The molecule has 0 aliphatic heterocycles. The Labute approximate surface area is 141 Å². The molecule has 136 valence electrons. The summed E-state index contributed by atoms with van der Waals surface area (Å²) in [6.07, 6.45) is -0.226. The zero-order valence-corrected chi connectivity index (χ0v) is 14.5. The van der Waals surface area contributed by atoms with Crippen LogP contribution < -0.4 is 0 Å². The number of methoxy groups -OCH3 is 2. The molecule has 0 N–H and O–H groups in total. The maximum absolute atomic E-state index is 11.0. The smallest absolute Gasteiger partial charge is 0.333 e. The third-order valence-corrected chi connectivity index (χ3v) is 2.29. The Morgan fingerprint density at radius 1 is 0.708 bits per heavy atom. The first-order valence-electron chi connectivity index (χ1n) is 7.06. The lowest BCUT2D eigenvalue weighted by molar-refractivity contribution is -0.145. The van der Waals surface area contributed by atoms with E-state index in [2.05, 4.69) is 32.1 Å². The number of rotatable bonds is 8. The van der Waals surface area contributed by atoms with E-state index in [0.717, 1.165) is 0 Å². The SMILES string of the molecule is C=C(CC(=O)OC)C(=O)OC.C=C(CC(=O)OCC)C(=O)OCC. The lowest BCUT2D eigenvalue weighted by atomic mass is 10.2. The second-order valence-corrected chi connectivity index (χ2v) is 4.15. The first kappa shape index (κ1) is 23.6. The molecule has 0 atom stereocenters. The number of esters is 4. The monoisotopic (exact) mass is 344 g/mol. The highest BCUT2D eigenvalue weighted by Gasteiger charge is 2.13. The third kappa shape index (κ3) is 12.0. The minimum atomic E-state index is -0.588. The molecule has 0 fully saturated rings. The minimum Gasteiger partial charge on any atom is -0.469 e. The Morgan fingerprint density at radius 3 is 1.58 bits per heavy atom. The van der Waals surface area contributed by atoms with E-state index in [9.17, 15) is 19.2 Å². The van der Waals surface area contributed by atoms with E-state index in [1.54, 1.807) is 13.8 Å². The number of ether oxygens (including phenoxy) is 4. The predicted molar refractivity (Wildman–Crippen MR) is 84.8 cm³/mol. The molecule has 0 amide bonds. The quantitative estimate of drug-likeness (QED) is 0.369. The average Bonchev–Trinajstić information content (AvgIpc) is 2.54. The van der Waals surface area contributed by atoms with Crippen molar-refractivity contribution < 1.29 is 38.1 Å². The first-order valence-corrected chi connectivity index (χ1v) is 7.06. The van der Waals surface area contributed by atoms with Gasteiger partial charge >= 0.3 is 23.9 Å². The average molecular weight is 344 g/mol. The van der Waals surface area contributed by atoms with Crippen molar-refractivity contribution in [2.45, 2.75) is 26.7 Å². The van der Waals surface area contributed by atoms with Crippen LogP contribution in [0.4, 0.5) is 0 Å². The van der Waals surface area contributed by atoms with Crippen molar-refractivity contribution in [2.75, 3.05) is 27.4 Å². The van der Waals surface area contributed by atoms with Crippen molar-refractivity contribution in [1.82, 2.24) is 0 Å². The van der Waals surface area contributed by atoms with Gasteiger partial charge in [0.2, 0.25) is 0 Å². The largest absolute Gasteiger partial charge is 0.469 e. The molecule has 0 aromatic carbocycles. The molecule has 0 aromatic heterocycles. The third-order valence-electron chi connectivity index (χ3n) is 2.29. The van der Waals surface area contributed by atoms with E-state index in [1.807, 2.05) is 0 Å². The van der Waals surface area contributed by atoms with Crippen LogP contribution in [0.3, 0.4) is 0 Å². The summed E-state index contributed by atoms with van der Waals surface area (Å²) in [5.74, 6) is -2.09. The first-order chi connectivity index (χ1) is 11.2. The van der Waals surface area contributed by atoms with Crippen LogP contribution in [0.1, 0.15) is 26.7 Å². The van der Waals surface area contributed by atoms with Crippen LogP contribution in [0.15, 0.2) is 24.3 Å². The van der Waals surface area contributed by atoms with Crippen LogP contribution in [-0.4, -0.2) is 51.3 Å². The fourth-order valence-corrected chi connectivity index (χ4v) is 1.15. The lowest BCUT2D eigenvalue weighted by Gasteiger charge is -2.04. The zero-order chi connectivity index (χ0) is 19.1. The summed E-state index contributed by atoms with van der Waals surface area (Å²) in [5.41, 5.74) is 0.222. The molecule has 0 unspecified atom stereocenters. The molecule has 8 nitrogen and oxygen atoms in total. The van der Waals surface area contributed by atoms with E-state index in [4.69, 9.17) is 0 Å². The van der Waals surface area contributed by atoms with Gasteiger partial charge in [0.1, 0.15) is 0 Å². The summed E-state index contributed by atoms with van der Waals surface area (Å²) in [7, 11) is 2.47. The Morgan fingerprint density at radius 2 is 1.17 bits per heavy atom. The number of carbonyl (C=O) groups is 4. The van der Waals surface area contributed by atoms with Gasteiger partial charge in [-0.3, -0.25) is 9.59 Å². The Bertz CT molecular complexity index is 478. The maximum Gasteiger partial charge on any atom is 0.333 e. The molecular weight excluding hydrogens is 320 g/mol. The van der Waals surface area contributed by atoms with E-state index in [1.165, 1.54) is 14.2 Å². The molecule has 0 saturated heterocycles. The van der Waals surface area contributed by atoms with Crippen LogP contribution >= 0.6 is 0 Å². The molecule has 0 aliphatic carbocycles. The van der Waals surface area contributed by atoms with Gasteiger partial charge in [-0.1, -0.05) is 13.2 Å². The highest BCUT2D eigenvalue weighted by atomic mass is 16.5. The van der Waals surface area contributed by atoms with Crippen molar-refractivity contribution in [2.24, 2.45) is 0 Å². The molecule has 0 rings (SSSR count). The molecule has 0 radical (unpaired) electrons. The summed E-state index contributed by atoms with van der Waals surface area (Å²) in [4.78, 5) is 43.0. The Kier molecular flexibility index (Phi) is 13.8. The summed E-state index contributed by atoms with van der Waals surface area (Å²) in [6, 6.07) is 0. The van der Waals surface area contributed by atoms with Crippen molar-refractivity contribution in [3.05, 3.63) is 24.3 Å². The van der Waals surface area contributed by atoms with Gasteiger partial charge < -0.3 is 18.9 Å². The number of hydrogen-bond acceptors (Lipinski definition) is 8. The van der Waals surface area contributed by atoms with Crippen LogP contribution in [0, 0.1) is 0 Å². The van der Waals surface area contributed by atoms with E-state index in [-0.39, 0.29) is 30.6 Å². The van der Waals surface area contributed by atoms with Gasteiger partial charge in [-0.05, 0) is 13.8 Å². The summed E-state index contributed by atoms with van der Waals surface area (Å²) >= 11 is 0. The topological polar surface area (TPSA) is 105 Å². The molecule has 0 bridgehead atoms. The van der Waals surface area contributed by atoms with E-state index >= 15 is 0 Å². The molecule has 0 saturated carbocycles. The van der Waals surface area contributed by atoms with Crippen LogP contribution in [0.25, 0.3) is 0 Å². The van der Waals surface area contributed by atoms with Gasteiger partial charge in [0, 0.05) is 11.1 Å². The molecule has 0 aliphatic rings. The molecule has 24 heavy (non-hydrogen) atoms. The van der Waals surface area contributed by atoms with E-state index in [0.29, 0.717) is 6.61 Å². The standard InChI is InChI=1S/C9H14O4.C7H10O4/c1-4-12-8(10)6-7(3)9(11)13-5-2;1-5(7(9)11-3)4-6(8)10-2/h3-6H2,1-2H3;1,4H2,2-3H3. The maximum atomic E-state index is 11.0. The fraction of sp³-hybridized carbons (Fsp3) is 0.500. The van der Waals surface area contributed by atoms with Crippen LogP contribution in [0.2, 0.25) is 0 Å². The fourth-order valence-electron chi connectivity index (χ4n) is 1.15. The highest BCUT2D eigenvalue weighted by molar-refractivity contribution is 5.93. The Balaban J connectivity index is 0. The van der Waals surface area contributed by atoms with Gasteiger partial charge in [0.05, 0.1) is 40.3 Å². The zero-order valence-electron chi connectivity index (χ0n) is 14.5. The van der Waals surface area contributed by atoms with Crippen molar-refractivity contribution in [3.63, 3.8) is 0 Å². The summed E-state index contributed by atoms with van der Waals surface area (Å²) in [5, 5.41) is 0. The molecule has 0 aromatic rings. The van der Waals surface area contributed by atoms with Gasteiger partial charge in [0.25, 0.3) is 0 Å². The second-order valence-electron chi connectivity index (χ2n) is 4.15. The van der Waals surface area contributed by atoms with Gasteiger partial charge in [0.15, 0.2) is 0 Å². The predicted octanol–water partition coefficient (Wildman–Crippen LogP) is 1.34. The normalized spacial score (nSPS) is 8.83. The minimum absolute atomic E-state index is 0.0966. The number of carbonyl (C=O) groups excluding carboxylic acids is 4. The molecule has 0 heterocycles. The molecule has 8 heteroatoms. The van der Waals surface area contributed by atoms with Gasteiger partial charge in [-0.15, -0.1) is 0 Å². The second kappa shape index (κ2) is 14.0. The molecule has 0 spiro atoms. The molecular formula is C16H24O8.